The van der Waals surface area contributed by atoms with Crippen molar-refractivity contribution in [1.29, 1.82) is 0 Å². The number of carbonyl (C=O) groups excluding carboxylic acids is 3. The average molecular weight is 379 g/mol. The molecule has 2 fully saturated rings. The predicted molar refractivity (Wildman–Crippen MR) is 91.1 cm³/mol. The lowest BCUT2D eigenvalue weighted by Gasteiger charge is -2.43. The largest absolute Gasteiger partial charge is 0.508 e. The highest BCUT2D eigenvalue weighted by molar-refractivity contribution is 8.02. The monoisotopic (exact) mass is 379 g/mol. The number of fused-ring (bicyclic) bond motifs is 1. The average Bonchev–Trinajstić information content (AvgIpc) is 2.90. The van der Waals surface area contributed by atoms with Gasteiger partial charge in [0.1, 0.15) is 34.2 Å². The van der Waals surface area contributed by atoms with Gasteiger partial charge >= 0.3 is 5.97 Å². The molecule has 2 amide bonds. The van der Waals surface area contributed by atoms with Crippen molar-refractivity contribution in [3.8, 4) is 5.75 Å². The zero-order valence-electron chi connectivity index (χ0n) is 13.7. The quantitative estimate of drug-likeness (QED) is 0.384. The Morgan fingerprint density at radius 1 is 1.38 bits per heavy atom. The third-order valence-corrected chi connectivity index (χ3v) is 6.14. The summed E-state index contributed by atoms with van der Waals surface area (Å²) in [6, 6.07) is 2.47. The first-order valence-corrected chi connectivity index (χ1v) is 8.61. The van der Waals surface area contributed by atoms with E-state index >= 15 is 0 Å². The Kier molecular flexibility index (Phi) is 4.41. The number of nitrogens with zero attached hydrogens (tertiary/aromatic N) is 1. The van der Waals surface area contributed by atoms with Crippen molar-refractivity contribution < 1.29 is 29.4 Å². The Labute approximate surface area is 152 Å². The number of nitrogens with two attached hydrogens (primary N) is 1. The number of aliphatic carboxylic acids is 1. The summed E-state index contributed by atoms with van der Waals surface area (Å²) in [7, 11) is 0. The molecule has 26 heavy (non-hydrogen) atoms. The highest BCUT2D eigenvalue weighted by Crippen LogP contribution is 2.50. The van der Waals surface area contributed by atoms with E-state index < -0.39 is 46.0 Å². The molecular weight excluding hydrogens is 362 g/mol. The molecule has 0 bridgehead atoms. The van der Waals surface area contributed by atoms with Gasteiger partial charge in [-0.05, 0) is 24.6 Å². The van der Waals surface area contributed by atoms with Gasteiger partial charge in [-0.1, -0.05) is 12.1 Å². The van der Waals surface area contributed by atoms with Gasteiger partial charge in [0.25, 0.3) is 0 Å². The van der Waals surface area contributed by atoms with Crippen LogP contribution in [0.25, 0.3) is 0 Å². The zero-order chi connectivity index (χ0) is 19.2. The molecule has 5 unspecified atom stereocenters. The van der Waals surface area contributed by atoms with E-state index in [1.54, 1.807) is 0 Å². The number of hydrogen-bond donors (Lipinski definition) is 4. The summed E-state index contributed by atoms with van der Waals surface area (Å²) in [4.78, 5) is 48.6. The number of hydrogen-bond acceptors (Lipinski definition) is 7. The molecular formula is C16H17N3O6S. The molecule has 0 saturated carbocycles. The third kappa shape index (κ3) is 2.71. The summed E-state index contributed by atoms with van der Waals surface area (Å²) in [6.07, 6.45) is 0.517. The standard InChI is InChI=1S/C16H17N3O6S/c1-16(6-20)11(15(24)25)19-13(23)10(14(19)26-16)18-12(22)9(17)7-2-4-8(21)5-3-7/h2-6,9-11,14,21H,17H2,1H3,(H,18,22)(H,24,25). The van der Waals surface area contributed by atoms with Crippen LogP contribution in [0.3, 0.4) is 0 Å². The van der Waals surface area contributed by atoms with Gasteiger partial charge in [-0.15, -0.1) is 11.8 Å². The molecule has 0 spiro atoms. The minimum atomic E-state index is -1.29. The first-order valence-electron chi connectivity index (χ1n) is 7.73. The summed E-state index contributed by atoms with van der Waals surface area (Å²) < 4.78 is -1.29. The maximum atomic E-state index is 12.3. The van der Waals surface area contributed by atoms with E-state index in [2.05, 4.69) is 5.32 Å². The summed E-state index contributed by atoms with van der Waals surface area (Å²) in [5, 5.41) is 20.5. The van der Waals surface area contributed by atoms with Gasteiger partial charge in [0, 0.05) is 0 Å². The molecule has 0 radical (unpaired) electrons. The van der Waals surface area contributed by atoms with E-state index in [-0.39, 0.29) is 5.75 Å². The zero-order valence-corrected chi connectivity index (χ0v) is 14.5. The second-order valence-corrected chi connectivity index (χ2v) is 7.95. The number of phenols is 1. The molecule has 0 aromatic heterocycles. The molecule has 2 heterocycles. The van der Waals surface area contributed by atoms with E-state index in [1.807, 2.05) is 0 Å². The van der Waals surface area contributed by atoms with Gasteiger partial charge in [-0.3, -0.25) is 9.59 Å². The smallest absolute Gasteiger partial charge is 0.328 e. The van der Waals surface area contributed by atoms with Crippen LogP contribution in [0.2, 0.25) is 0 Å². The molecule has 5 N–H and O–H groups in total. The van der Waals surface area contributed by atoms with Crippen LogP contribution in [0.4, 0.5) is 0 Å². The molecule has 5 atom stereocenters. The van der Waals surface area contributed by atoms with Gasteiger partial charge in [0.2, 0.25) is 11.8 Å². The maximum Gasteiger partial charge on any atom is 0.328 e. The first kappa shape index (κ1) is 18.2. The van der Waals surface area contributed by atoms with E-state index in [0.717, 1.165) is 16.7 Å². The number of carbonyl (C=O) groups is 4. The van der Waals surface area contributed by atoms with E-state index in [4.69, 9.17) is 5.73 Å². The summed E-state index contributed by atoms with van der Waals surface area (Å²) in [5.41, 5.74) is 6.33. The Morgan fingerprint density at radius 2 is 2.00 bits per heavy atom. The van der Waals surface area contributed by atoms with Gasteiger partial charge in [-0.25, -0.2) is 4.79 Å². The number of aromatic hydroxyl groups is 1. The molecule has 3 rings (SSSR count). The molecule has 9 nitrogen and oxygen atoms in total. The van der Waals surface area contributed by atoms with Crippen LogP contribution in [-0.2, 0) is 19.2 Å². The van der Waals surface area contributed by atoms with Crippen LogP contribution in [-0.4, -0.2) is 61.4 Å². The molecule has 10 heteroatoms. The molecule has 1 aromatic rings. The number of carboxylic acids is 1. The summed E-state index contributed by atoms with van der Waals surface area (Å²) >= 11 is 1.03. The number of benzene rings is 1. The number of rotatable bonds is 5. The van der Waals surface area contributed by atoms with Crippen molar-refractivity contribution in [2.24, 2.45) is 5.73 Å². The number of amides is 2. The SMILES string of the molecule is CC1(C=O)SC2C(NC(=O)C(N)c3ccc(O)cc3)C(=O)N2C1C(=O)O. The van der Waals surface area contributed by atoms with Crippen molar-refractivity contribution in [2.75, 3.05) is 0 Å². The summed E-state index contributed by atoms with van der Waals surface area (Å²) in [5.74, 6) is -2.41. The van der Waals surface area contributed by atoms with Gasteiger partial charge in [0.15, 0.2) is 6.04 Å². The van der Waals surface area contributed by atoms with Gasteiger partial charge in [0.05, 0.1) is 0 Å². The van der Waals surface area contributed by atoms with Crippen molar-refractivity contribution in [1.82, 2.24) is 10.2 Å². The highest BCUT2D eigenvalue weighted by atomic mass is 32.2. The Bertz CT molecular complexity index is 785. The van der Waals surface area contributed by atoms with Gasteiger partial charge in [-0.2, -0.15) is 0 Å². The Morgan fingerprint density at radius 3 is 2.54 bits per heavy atom. The Balaban J connectivity index is 1.73. The van der Waals surface area contributed by atoms with Crippen LogP contribution >= 0.6 is 11.8 Å². The molecule has 0 aliphatic carbocycles. The lowest BCUT2D eigenvalue weighted by molar-refractivity contribution is -0.161. The normalized spacial score (nSPS) is 30.9. The second-order valence-electron chi connectivity index (χ2n) is 6.35. The second kappa shape index (κ2) is 6.29. The molecule has 1 aromatic carbocycles. The topological polar surface area (TPSA) is 150 Å². The van der Waals surface area contributed by atoms with E-state index in [1.165, 1.54) is 31.2 Å². The first-order chi connectivity index (χ1) is 12.2. The molecule has 2 saturated heterocycles. The summed E-state index contributed by atoms with van der Waals surface area (Å²) in [6.45, 7) is 1.45. The number of aldehydes is 1. The van der Waals surface area contributed by atoms with Gasteiger partial charge < -0.3 is 31.0 Å². The number of nitrogens with one attached hydrogen (secondary N) is 1. The minimum Gasteiger partial charge on any atom is -0.508 e. The van der Waals surface area contributed by atoms with Crippen LogP contribution in [0.15, 0.2) is 24.3 Å². The van der Waals surface area contributed by atoms with Crippen molar-refractivity contribution in [2.45, 2.75) is 35.2 Å². The maximum absolute atomic E-state index is 12.3. The van der Waals surface area contributed by atoms with Crippen molar-refractivity contribution in [3.63, 3.8) is 0 Å². The van der Waals surface area contributed by atoms with Crippen LogP contribution in [0, 0.1) is 0 Å². The van der Waals surface area contributed by atoms with Crippen molar-refractivity contribution in [3.05, 3.63) is 29.8 Å². The number of phenolic OH excluding ortho intramolecular Hbond substituents is 1. The minimum absolute atomic E-state index is 0.0291. The third-order valence-electron chi connectivity index (χ3n) is 4.58. The van der Waals surface area contributed by atoms with Crippen LogP contribution < -0.4 is 11.1 Å². The lowest BCUT2D eigenvalue weighted by Crippen LogP contribution is -2.71. The Hall–Kier alpha value is -2.59. The molecule has 138 valence electrons. The molecule has 2 aliphatic rings. The fraction of sp³-hybridized carbons (Fsp3) is 0.375. The van der Waals surface area contributed by atoms with E-state index in [0.29, 0.717) is 11.8 Å². The van der Waals surface area contributed by atoms with Crippen LogP contribution in [0.1, 0.15) is 18.5 Å². The number of thioether (sulfide) groups is 1. The number of carboxylic acid groups (broad SMARTS) is 1. The van der Waals surface area contributed by atoms with Crippen molar-refractivity contribution >= 4 is 35.8 Å². The van der Waals surface area contributed by atoms with Crippen LogP contribution in [0.5, 0.6) is 5.75 Å². The number of β-lactam (4-membered cyclic amide) rings is 1. The fourth-order valence-corrected chi connectivity index (χ4v) is 4.73. The van der Waals surface area contributed by atoms with E-state index in [9.17, 15) is 29.4 Å². The lowest BCUT2D eigenvalue weighted by atomic mass is 9.95. The molecule has 2 aliphatic heterocycles. The highest BCUT2D eigenvalue weighted by Gasteiger charge is 2.66. The predicted octanol–water partition coefficient (Wildman–Crippen LogP) is -0.797. The fourth-order valence-electron chi connectivity index (χ4n) is 3.15.